The number of hydrogen-bond donors (Lipinski definition) is 1. The predicted octanol–water partition coefficient (Wildman–Crippen LogP) is 0.676. The quantitative estimate of drug-likeness (QED) is 0.769. The van der Waals surface area contributed by atoms with Crippen molar-refractivity contribution in [1.29, 1.82) is 0 Å². The zero-order chi connectivity index (χ0) is 12.3. The number of carbonyl (C=O) groups is 2. The van der Waals surface area contributed by atoms with Gasteiger partial charge in [-0.1, -0.05) is 6.92 Å². The molecule has 7 heteroatoms. The van der Waals surface area contributed by atoms with Crippen LogP contribution in [0.25, 0.3) is 0 Å². The zero-order valence-electron chi connectivity index (χ0n) is 8.80. The molecule has 1 saturated heterocycles. The summed E-state index contributed by atoms with van der Waals surface area (Å²) in [6.07, 6.45) is -4.22. The van der Waals surface area contributed by atoms with Gasteiger partial charge in [-0.05, 0) is 6.42 Å². The Hall–Kier alpha value is -1.27. The Kier molecular flexibility index (Phi) is 3.77. The van der Waals surface area contributed by atoms with Crippen LogP contribution in [0.1, 0.15) is 19.8 Å². The molecule has 0 aromatic carbocycles. The maximum absolute atomic E-state index is 12.2. The summed E-state index contributed by atoms with van der Waals surface area (Å²) in [6, 6.07) is -0.836. The lowest BCUT2D eigenvalue weighted by atomic mass is 10.2. The fourth-order valence-corrected chi connectivity index (χ4v) is 1.55. The lowest BCUT2D eigenvalue weighted by Crippen LogP contribution is -2.47. The van der Waals surface area contributed by atoms with Gasteiger partial charge in [0.15, 0.2) is 0 Å². The third-order valence-corrected chi connectivity index (χ3v) is 2.33. The van der Waals surface area contributed by atoms with Crippen molar-refractivity contribution in [3.05, 3.63) is 0 Å². The molecule has 4 nitrogen and oxygen atoms in total. The first-order valence-electron chi connectivity index (χ1n) is 4.98. The van der Waals surface area contributed by atoms with Crippen molar-refractivity contribution in [2.75, 3.05) is 13.1 Å². The molecule has 16 heavy (non-hydrogen) atoms. The largest absolute Gasteiger partial charge is 0.406 e. The Morgan fingerprint density at radius 3 is 2.56 bits per heavy atom. The van der Waals surface area contributed by atoms with Crippen molar-refractivity contribution in [3.8, 4) is 0 Å². The summed E-state index contributed by atoms with van der Waals surface area (Å²) < 4.78 is 36.5. The second kappa shape index (κ2) is 4.71. The summed E-state index contributed by atoms with van der Waals surface area (Å²) in [5.74, 6) is -1.05. The molecular formula is C9H13F3N2O2. The number of halogens is 3. The first-order valence-corrected chi connectivity index (χ1v) is 4.98. The minimum atomic E-state index is -4.43. The Bertz CT molecular complexity index is 291. The van der Waals surface area contributed by atoms with Gasteiger partial charge in [-0.3, -0.25) is 9.59 Å². The van der Waals surface area contributed by atoms with E-state index in [9.17, 15) is 22.8 Å². The van der Waals surface area contributed by atoms with Gasteiger partial charge in [-0.2, -0.15) is 13.2 Å². The van der Waals surface area contributed by atoms with Gasteiger partial charge in [-0.25, -0.2) is 0 Å². The van der Waals surface area contributed by atoms with Crippen LogP contribution in [0.15, 0.2) is 0 Å². The molecule has 1 rings (SSSR count). The maximum atomic E-state index is 12.2. The highest BCUT2D eigenvalue weighted by atomic mass is 19.4. The minimum absolute atomic E-state index is 0.0850. The van der Waals surface area contributed by atoms with Crippen molar-refractivity contribution in [3.63, 3.8) is 0 Å². The molecule has 1 atom stereocenters. The standard InChI is InChI=1S/C9H13F3N2O2/c1-2-6-8(16)14(5-9(10,11)12)4-3-7(15)13-6/h6H,2-5H2,1H3,(H,13,15). The summed E-state index contributed by atoms with van der Waals surface area (Å²) in [4.78, 5) is 23.4. The van der Waals surface area contributed by atoms with E-state index >= 15 is 0 Å². The van der Waals surface area contributed by atoms with Gasteiger partial charge in [0.05, 0.1) is 0 Å². The van der Waals surface area contributed by atoms with E-state index in [4.69, 9.17) is 0 Å². The number of rotatable bonds is 2. The molecule has 1 aliphatic rings. The molecule has 1 aliphatic heterocycles. The first kappa shape index (κ1) is 12.8. The molecule has 0 radical (unpaired) electrons. The highest BCUT2D eigenvalue weighted by Gasteiger charge is 2.36. The average molecular weight is 238 g/mol. The van der Waals surface area contributed by atoms with E-state index in [2.05, 4.69) is 5.32 Å². The van der Waals surface area contributed by atoms with E-state index in [0.717, 1.165) is 0 Å². The van der Waals surface area contributed by atoms with Crippen LogP contribution in [0.4, 0.5) is 13.2 Å². The van der Waals surface area contributed by atoms with E-state index in [1.807, 2.05) is 0 Å². The number of alkyl halides is 3. The van der Waals surface area contributed by atoms with Gasteiger partial charge >= 0.3 is 6.18 Å². The summed E-state index contributed by atoms with van der Waals surface area (Å²) in [7, 11) is 0. The van der Waals surface area contributed by atoms with Gasteiger partial charge in [-0.15, -0.1) is 0 Å². The van der Waals surface area contributed by atoms with Crippen LogP contribution < -0.4 is 5.32 Å². The molecular weight excluding hydrogens is 225 g/mol. The van der Waals surface area contributed by atoms with E-state index in [-0.39, 0.29) is 18.9 Å². The second-order valence-electron chi connectivity index (χ2n) is 3.65. The molecule has 1 heterocycles. The van der Waals surface area contributed by atoms with E-state index < -0.39 is 24.7 Å². The number of amides is 2. The first-order chi connectivity index (χ1) is 7.33. The zero-order valence-corrected chi connectivity index (χ0v) is 8.80. The molecule has 2 amide bonds. The molecule has 1 unspecified atom stereocenters. The molecule has 0 aromatic heterocycles. The van der Waals surface area contributed by atoms with Gasteiger partial charge in [0, 0.05) is 13.0 Å². The topological polar surface area (TPSA) is 49.4 Å². The highest BCUT2D eigenvalue weighted by molar-refractivity contribution is 5.89. The molecule has 0 spiro atoms. The van der Waals surface area contributed by atoms with Crippen molar-refractivity contribution >= 4 is 11.8 Å². The molecule has 0 bridgehead atoms. The van der Waals surface area contributed by atoms with Gasteiger partial charge in [0.2, 0.25) is 11.8 Å². The monoisotopic (exact) mass is 238 g/mol. The molecule has 0 aliphatic carbocycles. The van der Waals surface area contributed by atoms with Crippen molar-refractivity contribution in [2.24, 2.45) is 0 Å². The van der Waals surface area contributed by atoms with Crippen LogP contribution in [0.5, 0.6) is 0 Å². The second-order valence-corrected chi connectivity index (χ2v) is 3.65. The third kappa shape index (κ3) is 3.39. The Morgan fingerprint density at radius 2 is 2.06 bits per heavy atom. The molecule has 1 fully saturated rings. The fourth-order valence-electron chi connectivity index (χ4n) is 1.55. The lowest BCUT2D eigenvalue weighted by molar-refractivity contribution is -0.161. The molecule has 0 aromatic rings. The van der Waals surface area contributed by atoms with Crippen molar-refractivity contribution < 1.29 is 22.8 Å². The van der Waals surface area contributed by atoms with E-state index in [0.29, 0.717) is 11.3 Å². The van der Waals surface area contributed by atoms with Gasteiger partial charge in [0.1, 0.15) is 12.6 Å². The van der Waals surface area contributed by atoms with E-state index in [1.54, 1.807) is 6.92 Å². The molecule has 92 valence electrons. The normalized spacial score (nSPS) is 23.0. The average Bonchev–Trinajstić information content (AvgIpc) is 2.28. The number of hydrogen-bond acceptors (Lipinski definition) is 2. The Morgan fingerprint density at radius 1 is 1.44 bits per heavy atom. The minimum Gasteiger partial charge on any atom is -0.344 e. The molecule has 0 saturated carbocycles. The Balaban J connectivity index is 2.76. The summed E-state index contributed by atoms with van der Waals surface area (Å²) >= 11 is 0. The van der Waals surface area contributed by atoms with Crippen LogP contribution in [-0.4, -0.2) is 42.0 Å². The van der Waals surface area contributed by atoms with Crippen LogP contribution >= 0.6 is 0 Å². The maximum Gasteiger partial charge on any atom is 0.406 e. The third-order valence-electron chi connectivity index (χ3n) is 2.33. The van der Waals surface area contributed by atoms with Gasteiger partial charge < -0.3 is 10.2 Å². The predicted molar refractivity (Wildman–Crippen MR) is 49.5 cm³/mol. The lowest BCUT2D eigenvalue weighted by Gasteiger charge is -2.24. The van der Waals surface area contributed by atoms with Crippen LogP contribution in [0.3, 0.4) is 0 Å². The van der Waals surface area contributed by atoms with Crippen LogP contribution in [-0.2, 0) is 9.59 Å². The van der Waals surface area contributed by atoms with Gasteiger partial charge in [0.25, 0.3) is 0 Å². The fraction of sp³-hybridized carbons (Fsp3) is 0.778. The van der Waals surface area contributed by atoms with Crippen LogP contribution in [0.2, 0.25) is 0 Å². The van der Waals surface area contributed by atoms with Crippen LogP contribution in [0, 0.1) is 0 Å². The number of nitrogens with zero attached hydrogens (tertiary/aromatic N) is 1. The van der Waals surface area contributed by atoms with Crippen molar-refractivity contribution in [1.82, 2.24) is 10.2 Å². The van der Waals surface area contributed by atoms with Crippen molar-refractivity contribution in [2.45, 2.75) is 32.0 Å². The molecule has 1 N–H and O–H groups in total. The number of carbonyl (C=O) groups excluding carboxylic acids is 2. The highest BCUT2D eigenvalue weighted by Crippen LogP contribution is 2.18. The summed E-state index contributed by atoms with van der Waals surface area (Å²) in [5.41, 5.74) is 0. The summed E-state index contributed by atoms with van der Waals surface area (Å²) in [6.45, 7) is 0.165. The number of nitrogens with one attached hydrogen (secondary N) is 1. The smallest absolute Gasteiger partial charge is 0.344 e. The Labute approximate surface area is 90.8 Å². The SMILES string of the molecule is CCC1NC(=O)CCN(CC(F)(F)F)C1=O. The van der Waals surface area contributed by atoms with E-state index in [1.165, 1.54) is 0 Å². The summed E-state index contributed by atoms with van der Waals surface area (Å²) in [5, 5.41) is 2.40.